The highest BCUT2D eigenvalue weighted by molar-refractivity contribution is 7.18. The second-order valence-electron chi connectivity index (χ2n) is 4.49. The number of nitrogen functional groups attached to an aromatic ring is 1. The van der Waals surface area contributed by atoms with Crippen molar-refractivity contribution in [2.24, 2.45) is 0 Å². The van der Waals surface area contributed by atoms with E-state index in [0.717, 1.165) is 31.1 Å². The second kappa shape index (κ2) is 5.71. The molecule has 0 radical (unpaired) electrons. The van der Waals surface area contributed by atoms with E-state index in [1.165, 1.54) is 11.3 Å². The predicted molar refractivity (Wildman–Crippen MR) is 75.6 cm³/mol. The maximum Gasteiger partial charge on any atom is 0.174 e. The number of hydrogen-bond donors (Lipinski definition) is 1. The van der Waals surface area contributed by atoms with E-state index in [-0.39, 0.29) is 11.9 Å². The van der Waals surface area contributed by atoms with Crippen molar-refractivity contribution in [3.8, 4) is 0 Å². The number of carbonyl (C=O) groups excluding carboxylic acids is 1. The lowest BCUT2D eigenvalue weighted by molar-refractivity contribution is 0.0386. The normalized spacial score (nSPS) is 20.1. The summed E-state index contributed by atoms with van der Waals surface area (Å²) in [6.07, 6.45) is 1.80. The van der Waals surface area contributed by atoms with Crippen molar-refractivity contribution in [2.75, 3.05) is 30.3 Å². The van der Waals surface area contributed by atoms with Crippen molar-refractivity contribution >= 4 is 27.8 Å². The van der Waals surface area contributed by atoms with Crippen molar-refractivity contribution in [3.05, 3.63) is 10.9 Å². The minimum absolute atomic E-state index is 0.129. The van der Waals surface area contributed by atoms with Gasteiger partial charge in [-0.05, 0) is 12.5 Å². The molecule has 2 N–H and O–H groups in total. The summed E-state index contributed by atoms with van der Waals surface area (Å²) in [6.45, 7) is 6.49. The minimum atomic E-state index is 0.129. The van der Waals surface area contributed by atoms with Crippen LogP contribution < -0.4 is 10.6 Å². The average Bonchev–Trinajstić information content (AvgIpc) is 2.80. The first kappa shape index (κ1) is 13.4. The highest BCUT2D eigenvalue weighted by atomic mass is 32.1. The van der Waals surface area contributed by atoms with Crippen molar-refractivity contribution < 1.29 is 9.53 Å². The molecular formula is C13H20N2O2S. The Morgan fingerprint density at radius 1 is 1.61 bits per heavy atom. The molecule has 0 aliphatic carbocycles. The smallest absolute Gasteiger partial charge is 0.174 e. The Kier molecular flexibility index (Phi) is 4.24. The molecule has 1 saturated heterocycles. The Balaban J connectivity index is 2.16. The number of nitrogens with two attached hydrogens (primary N) is 1. The molecule has 2 heterocycles. The van der Waals surface area contributed by atoms with Gasteiger partial charge < -0.3 is 15.4 Å². The van der Waals surface area contributed by atoms with Gasteiger partial charge in [0.25, 0.3) is 0 Å². The number of Topliss-reactive ketones (excluding diaryl/α,β-unsaturated/α-hetero) is 1. The first-order chi connectivity index (χ1) is 8.65. The maximum atomic E-state index is 11.7. The zero-order chi connectivity index (χ0) is 13.1. The summed E-state index contributed by atoms with van der Waals surface area (Å²) in [5, 5.41) is 1.09. The molecule has 0 spiro atoms. The third-order valence-electron chi connectivity index (χ3n) is 3.23. The van der Waals surface area contributed by atoms with E-state index < -0.39 is 0 Å². The van der Waals surface area contributed by atoms with Crippen LogP contribution in [0.4, 0.5) is 10.7 Å². The van der Waals surface area contributed by atoms with E-state index in [1.54, 1.807) is 0 Å². The molecule has 0 aromatic carbocycles. The largest absolute Gasteiger partial charge is 0.397 e. The molecule has 1 unspecified atom stereocenters. The SMILES string of the molecule is CCC(=O)c1sc(N2CCOC(CC)C2)cc1N. The van der Waals surface area contributed by atoms with Crippen LogP contribution in [0.3, 0.4) is 0 Å². The third kappa shape index (κ3) is 2.67. The van der Waals surface area contributed by atoms with Crippen LogP contribution in [0.25, 0.3) is 0 Å². The number of thiophene rings is 1. The van der Waals surface area contributed by atoms with E-state index in [9.17, 15) is 4.79 Å². The predicted octanol–water partition coefficient (Wildman–Crippen LogP) is 2.54. The van der Waals surface area contributed by atoms with Crippen LogP contribution in [-0.2, 0) is 4.74 Å². The zero-order valence-corrected chi connectivity index (χ0v) is 11.8. The average molecular weight is 268 g/mol. The molecule has 1 atom stereocenters. The number of anilines is 2. The molecular weight excluding hydrogens is 248 g/mol. The summed E-state index contributed by atoms with van der Waals surface area (Å²) in [6, 6.07) is 1.92. The molecule has 0 bridgehead atoms. The Labute approximate surface area is 112 Å². The zero-order valence-electron chi connectivity index (χ0n) is 10.9. The molecule has 4 nitrogen and oxygen atoms in total. The summed E-state index contributed by atoms with van der Waals surface area (Å²) < 4.78 is 5.65. The summed E-state index contributed by atoms with van der Waals surface area (Å²) in [4.78, 5) is 14.7. The van der Waals surface area contributed by atoms with Crippen LogP contribution in [0.5, 0.6) is 0 Å². The van der Waals surface area contributed by atoms with Gasteiger partial charge in [0.2, 0.25) is 0 Å². The summed E-state index contributed by atoms with van der Waals surface area (Å²) >= 11 is 1.51. The molecule has 18 heavy (non-hydrogen) atoms. The van der Waals surface area contributed by atoms with E-state index in [0.29, 0.717) is 17.0 Å². The fourth-order valence-corrected chi connectivity index (χ4v) is 3.22. The Morgan fingerprint density at radius 2 is 2.39 bits per heavy atom. The number of ketones is 1. The number of rotatable bonds is 4. The fraction of sp³-hybridized carbons (Fsp3) is 0.615. The van der Waals surface area contributed by atoms with Gasteiger partial charge in [-0.15, -0.1) is 11.3 Å². The lowest BCUT2D eigenvalue weighted by Crippen LogP contribution is -2.41. The van der Waals surface area contributed by atoms with Crippen LogP contribution in [0.1, 0.15) is 36.4 Å². The van der Waals surface area contributed by atoms with Crippen molar-refractivity contribution in [1.82, 2.24) is 0 Å². The van der Waals surface area contributed by atoms with Gasteiger partial charge in [0.05, 0.1) is 28.3 Å². The molecule has 2 rings (SSSR count). The number of carbonyl (C=O) groups is 1. The van der Waals surface area contributed by atoms with Gasteiger partial charge in [-0.3, -0.25) is 4.79 Å². The molecule has 1 fully saturated rings. The van der Waals surface area contributed by atoms with Crippen LogP contribution in [0.2, 0.25) is 0 Å². The number of hydrogen-bond acceptors (Lipinski definition) is 5. The van der Waals surface area contributed by atoms with Gasteiger partial charge in [0.15, 0.2) is 5.78 Å². The van der Waals surface area contributed by atoms with Crippen LogP contribution in [-0.4, -0.2) is 31.6 Å². The van der Waals surface area contributed by atoms with E-state index in [2.05, 4.69) is 11.8 Å². The Morgan fingerprint density at radius 3 is 3.06 bits per heavy atom. The molecule has 100 valence electrons. The van der Waals surface area contributed by atoms with Crippen molar-refractivity contribution in [1.29, 1.82) is 0 Å². The number of morpholine rings is 1. The monoisotopic (exact) mass is 268 g/mol. The molecule has 0 saturated carbocycles. The lowest BCUT2D eigenvalue weighted by atomic mass is 10.2. The topological polar surface area (TPSA) is 55.6 Å². The first-order valence-electron chi connectivity index (χ1n) is 6.44. The third-order valence-corrected chi connectivity index (χ3v) is 4.48. The summed E-state index contributed by atoms with van der Waals surface area (Å²) in [5.41, 5.74) is 6.54. The molecule has 1 aliphatic rings. The molecule has 0 amide bonds. The highest BCUT2D eigenvalue weighted by Crippen LogP contribution is 2.34. The molecule has 1 aliphatic heterocycles. The summed E-state index contributed by atoms with van der Waals surface area (Å²) in [5.74, 6) is 0.129. The van der Waals surface area contributed by atoms with Gasteiger partial charge in [-0.2, -0.15) is 0 Å². The van der Waals surface area contributed by atoms with Gasteiger partial charge in [0.1, 0.15) is 0 Å². The van der Waals surface area contributed by atoms with E-state index in [1.807, 2.05) is 13.0 Å². The highest BCUT2D eigenvalue weighted by Gasteiger charge is 2.22. The van der Waals surface area contributed by atoms with Gasteiger partial charge in [-0.25, -0.2) is 0 Å². The van der Waals surface area contributed by atoms with Crippen LogP contribution in [0, 0.1) is 0 Å². The maximum absolute atomic E-state index is 11.7. The summed E-state index contributed by atoms with van der Waals surface area (Å²) in [7, 11) is 0. The minimum Gasteiger partial charge on any atom is -0.397 e. The van der Waals surface area contributed by atoms with Crippen molar-refractivity contribution in [2.45, 2.75) is 32.8 Å². The number of ether oxygens (including phenoxy) is 1. The number of nitrogens with zero attached hydrogens (tertiary/aromatic N) is 1. The molecule has 5 heteroatoms. The quantitative estimate of drug-likeness (QED) is 0.853. The second-order valence-corrected chi connectivity index (χ2v) is 5.52. The van der Waals surface area contributed by atoms with Crippen molar-refractivity contribution in [3.63, 3.8) is 0 Å². The van der Waals surface area contributed by atoms with E-state index >= 15 is 0 Å². The Bertz CT molecular complexity index is 431. The standard InChI is InChI=1S/C13H20N2O2S/c1-3-9-8-15(5-6-17-9)12-7-10(14)13(18-12)11(16)4-2/h7,9H,3-6,8,14H2,1-2H3. The van der Waals surface area contributed by atoms with Gasteiger partial charge in [-0.1, -0.05) is 13.8 Å². The first-order valence-corrected chi connectivity index (χ1v) is 7.26. The fourth-order valence-electron chi connectivity index (χ4n) is 2.09. The van der Waals surface area contributed by atoms with Crippen LogP contribution >= 0.6 is 11.3 Å². The van der Waals surface area contributed by atoms with Crippen LogP contribution in [0.15, 0.2) is 6.07 Å². The lowest BCUT2D eigenvalue weighted by Gasteiger charge is -2.33. The van der Waals surface area contributed by atoms with E-state index in [4.69, 9.17) is 10.5 Å². The Hall–Kier alpha value is -1.07. The van der Waals surface area contributed by atoms with Gasteiger partial charge >= 0.3 is 0 Å². The molecule has 1 aromatic heterocycles. The molecule has 1 aromatic rings. The van der Waals surface area contributed by atoms with Gasteiger partial charge in [0, 0.05) is 19.5 Å².